The third-order valence-corrected chi connectivity index (χ3v) is 7.22. The second-order valence-electron chi connectivity index (χ2n) is 8.11. The zero-order valence-corrected chi connectivity index (χ0v) is 14.6. The van der Waals surface area contributed by atoms with Crippen molar-refractivity contribution in [3.63, 3.8) is 0 Å². The molecule has 4 aliphatic carbocycles. The van der Waals surface area contributed by atoms with Crippen LogP contribution in [0.5, 0.6) is 0 Å². The van der Waals surface area contributed by atoms with Crippen molar-refractivity contribution in [1.29, 1.82) is 0 Å². The van der Waals surface area contributed by atoms with Gasteiger partial charge in [0.2, 0.25) is 5.91 Å². The molecular formula is C19H23N3OS. The summed E-state index contributed by atoms with van der Waals surface area (Å²) in [7, 11) is 0. The molecule has 0 radical (unpaired) electrons. The summed E-state index contributed by atoms with van der Waals surface area (Å²) in [6, 6.07) is 6.08. The number of thiophene rings is 1. The van der Waals surface area contributed by atoms with Crippen LogP contribution in [0.2, 0.25) is 0 Å². The van der Waals surface area contributed by atoms with Crippen molar-refractivity contribution in [2.45, 2.75) is 45.1 Å². The van der Waals surface area contributed by atoms with Crippen LogP contribution in [-0.4, -0.2) is 15.7 Å². The molecule has 6 rings (SSSR count). The molecule has 4 bridgehead atoms. The van der Waals surface area contributed by atoms with Crippen LogP contribution in [0.15, 0.2) is 29.8 Å². The zero-order chi connectivity index (χ0) is 16.1. The summed E-state index contributed by atoms with van der Waals surface area (Å²) >= 11 is 1.72. The average molecular weight is 341 g/mol. The SMILES string of the molecule is O=C(Nc1ccnn1Cc1cccs1)C12CC3CC(CC(C3)C1)C2. The van der Waals surface area contributed by atoms with E-state index >= 15 is 0 Å². The van der Waals surface area contributed by atoms with E-state index in [0.29, 0.717) is 0 Å². The van der Waals surface area contributed by atoms with Crippen molar-refractivity contribution >= 4 is 23.1 Å². The molecule has 0 saturated heterocycles. The Morgan fingerprint density at radius 3 is 2.54 bits per heavy atom. The molecule has 5 heteroatoms. The van der Waals surface area contributed by atoms with Crippen LogP contribution in [0, 0.1) is 23.2 Å². The number of carbonyl (C=O) groups is 1. The van der Waals surface area contributed by atoms with Crippen molar-refractivity contribution < 1.29 is 4.79 Å². The van der Waals surface area contributed by atoms with Crippen LogP contribution in [0.1, 0.15) is 43.4 Å². The molecule has 24 heavy (non-hydrogen) atoms. The van der Waals surface area contributed by atoms with Gasteiger partial charge < -0.3 is 5.32 Å². The molecule has 0 atom stereocenters. The van der Waals surface area contributed by atoms with E-state index in [1.165, 1.54) is 24.1 Å². The number of amides is 1. The van der Waals surface area contributed by atoms with E-state index in [9.17, 15) is 4.79 Å². The van der Waals surface area contributed by atoms with Crippen molar-refractivity contribution in [3.05, 3.63) is 34.7 Å². The number of nitrogens with one attached hydrogen (secondary N) is 1. The first kappa shape index (κ1) is 14.7. The average Bonchev–Trinajstić information content (AvgIpc) is 3.19. The van der Waals surface area contributed by atoms with Gasteiger partial charge in [-0.05, 0) is 67.7 Å². The molecule has 4 aliphatic rings. The first-order chi connectivity index (χ1) is 11.7. The second kappa shape index (κ2) is 5.45. The summed E-state index contributed by atoms with van der Waals surface area (Å²) in [5.74, 6) is 3.45. The summed E-state index contributed by atoms with van der Waals surface area (Å²) in [6.07, 6.45) is 9.18. The highest BCUT2D eigenvalue weighted by molar-refractivity contribution is 7.09. The maximum Gasteiger partial charge on any atom is 0.231 e. The summed E-state index contributed by atoms with van der Waals surface area (Å²) in [5, 5.41) is 9.70. The van der Waals surface area contributed by atoms with Gasteiger partial charge in [0.1, 0.15) is 5.82 Å². The number of hydrogen-bond donors (Lipinski definition) is 1. The first-order valence-corrected chi connectivity index (χ1v) is 9.94. The van der Waals surface area contributed by atoms with Crippen LogP contribution in [0.3, 0.4) is 0 Å². The molecule has 4 saturated carbocycles. The molecule has 4 fully saturated rings. The predicted molar refractivity (Wildman–Crippen MR) is 94.9 cm³/mol. The third-order valence-electron chi connectivity index (χ3n) is 6.36. The fourth-order valence-electron chi connectivity index (χ4n) is 5.75. The minimum absolute atomic E-state index is 0.104. The molecular weight excluding hydrogens is 318 g/mol. The molecule has 4 nitrogen and oxygen atoms in total. The Morgan fingerprint density at radius 2 is 1.92 bits per heavy atom. The van der Waals surface area contributed by atoms with Gasteiger partial charge in [-0.15, -0.1) is 11.3 Å². The lowest BCUT2D eigenvalue weighted by Crippen LogP contribution is -2.51. The molecule has 2 heterocycles. The summed E-state index contributed by atoms with van der Waals surface area (Å²) in [4.78, 5) is 14.4. The number of hydrogen-bond acceptors (Lipinski definition) is 3. The minimum Gasteiger partial charge on any atom is -0.310 e. The van der Waals surface area contributed by atoms with E-state index in [2.05, 4.69) is 27.9 Å². The molecule has 2 aromatic heterocycles. The van der Waals surface area contributed by atoms with Gasteiger partial charge in [0, 0.05) is 10.9 Å². The lowest BCUT2D eigenvalue weighted by Gasteiger charge is -2.55. The van der Waals surface area contributed by atoms with E-state index < -0.39 is 0 Å². The Bertz CT molecular complexity index is 713. The van der Waals surface area contributed by atoms with Crippen molar-refractivity contribution in [1.82, 2.24) is 9.78 Å². The quantitative estimate of drug-likeness (QED) is 0.908. The Kier molecular flexibility index (Phi) is 3.34. The predicted octanol–water partition coefficient (Wildman–Crippen LogP) is 4.15. The highest BCUT2D eigenvalue weighted by Gasteiger charge is 2.54. The van der Waals surface area contributed by atoms with Crippen LogP contribution >= 0.6 is 11.3 Å². The monoisotopic (exact) mass is 341 g/mol. The smallest absolute Gasteiger partial charge is 0.231 e. The van der Waals surface area contributed by atoms with Gasteiger partial charge in [0.25, 0.3) is 0 Å². The molecule has 0 spiro atoms. The summed E-state index contributed by atoms with van der Waals surface area (Å²) in [6.45, 7) is 0.723. The van der Waals surface area contributed by atoms with E-state index in [0.717, 1.165) is 49.4 Å². The number of rotatable bonds is 4. The molecule has 0 unspecified atom stereocenters. The van der Waals surface area contributed by atoms with Gasteiger partial charge in [-0.2, -0.15) is 5.10 Å². The highest BCUT2D eigenvalue weighted by atomic mass is 32.1. The molecule has 1 amide bonds. The first-order valence-electron chi connectivity index (χ1n) is 9.06. The summed E-state index contributed by atoms with van der Waals surface area (Å²) < 4.78 is 1.91. The molecule has 0 aliphatic heterocycles. The number of aromatic nitrogens is 2. The van der Waals surface area contributed by atoms with Crippen LogP contribution in [0.25, 0.3) is 0 Å². The standard InChI is InChI=1S/C19H23N3OS/c23-18(19-9-13-6-14(10-19)8-15(7-13)11-19)21-17-3-4-20-22(17)12-16-2-1-5-24-16/h1-5,13-15H,6-12H2,(H,21,23). The van der Waals surface area contributed by atoms with Gasteiger partial charge in [0.05, 0.1) is 18.2 Å². The largest absolute Gasteiger partial charge is 0.310 e. The summed E-state index contributed by atoms with van der Waals surface area (Å²) in [5.41, 5.74) is -0.104. The lowest BCUT2D eigenvalue weighted by atomic mass is 9.49. The van der Waals surface area contributed by atoms with Crippen LogP contribution in [-0.2, 0) is 11.3 Å². The molecule has 126 valence electrons. The normalized spacial score (nSPS) is 33.8. The van der Waals surface area contributed by atoms with Gasteiger partial charge in [-0.3, -0.25) is 4.79 Å². The van der Waals surface area contributed by atoms with Crippen molar-refractivity contribution in [3.8, 4) is 0 Å². The van der Waals surface area contributed by atoms with E-state index in [1.54, 1.807) is 17.5 Å². The molecule has 2 aromatic rings. The molecule has 1 N–H and O–H groups in total. The fraction of sp³-hybridized carbons (Fsp3) is 0.579. The maximum atomic E-state index is 13.2. The van der Waals surface area contributed by atoms with E-state index in [1.807, 2.05) is 10.7 Å². The van der Waals surface area contributed by atoms with Crippen molar-refractivity contribution in [2.24, 2.45) is 23.2 Å². The van der Waals surface area contributed by atoms with E-state index in [4.69, 9.17) is 0 Å². The number of anilines is 1. The number of carbonyl (C=O) groups excluding carboxylic acids is 1. The zero-order valence-electron chi connectivity index (χ0n) is 13.8. The van der Waals surface area contributed by atoms with Gasteiger partial charge >= 0.3 is 0 Å². The highest BCUT2D eigenvalue weighted by Crippen LogP contribution is 2.60. The van der Waals surface area contributed by atoms with Crippen LogP contribution < -0.4 is 5.32 Å². The van der Waals surface area contributed by atoms with Crippen LogP contribution in [0.4, 0.5) is 5.82 Å². The number of nitrogens with zero attached hydrogens (tertiary/aromatic N) is 2. The Hall–Kier alpha value is -1.62. The van der Waals surface area contributed by atoms with E-state index in [-0.39, 0.29) is 11.3 Å². The Balaban J connectivity index is 1.35. The second-order valence-corrected chi connectivity index (χ2v) is 9.14. The Labute approximate surface area is 146 Å². The lowest BCUT2D eigenvalue weighted by molar-refractivity contribution is -0.140. The third kappa shape index (κ3) is 2.41. The van der Waals surface area contributed by atoms with Crippen molar-refractivity contribution in [2.75, 3.05) is 5.32 Å². The van der Waals surface area contributed by atoms with Gasteiger partial charge in [-0.25, -0.2) is 4.68 Å². The topological polar surface area (TPSA) is 46.9 Å². The molecule has 0 aromatic carbocycles. The minimum atomic E-state index is -0.104. The Morgan fingerprint density at radius 1 is 1.21 bits per heavy atom. The fourth-order valence-corrected chi connectivity index (χ4v) is 6.44. The van der Waals surface area contributed by atoms with Gasteiger partial charge in [-0.1, -0.05) is 6.07 Å². The van der Waals surface area contributed by atoms with Gasteiger partial charge in [0.15, 0.2) is 0 Å². The maximum absolute atomic E-state index is 13.2.